The van der Waals surface area contributed by atoms with Crippen molar-refractivity contribution in [3.8, 4) is 0 Å². The molecule has 0 N–H and O–H groups in total. The molecule has 0 radical (unpaired) electrons. The van der Waals surface area contributed by atoms with E-state index in [-0.39, 0.29) is 50.2 Å². The van der Waals surface area contributed by atoms with Crippen LogP contribution >= 0.6 is 34.8 Å². The number of rotatable bonds is 2. The van der Waals surface area contributed by atoms with Crippen LogP contribution in [0.3, 0.4) is 0 Å². The molecular weight excluding hydrogens is 306 g/mol. The predicted octanol–water partition coefficient (Wildman–Crippen LogP) is 0.257. The molecule has 1 aromatic rings. The fraction of sp³-hybridized carbons (Fsp3) is 0.250. The minimum atomic E-state index is -4.44. The summed E-state index contributed by atoms with van der Waals surface area (Å²) in [7, 11) is -4.44. The number of benzene rings is 1. The van der Waals surface area contributed by atoms with Gasteiger partial charge in [-0.25, -0.2) is 8.42 Å². The van der Waals surface area contributed by atoms with Gasteiger partial charge < -0.3 is 4.55 Å². The summed E-state index contributed by atoms with van der Waals surface area (Å²) in [4.78, 5) is 0. The van der Waals surface area contributed by atoms with Gasteiger partial charge in [0.2, 0.25) is 0 Å². The second-order valence-corrected chi connectivity index (χ2v) is 5.76. The molecule has 0 aliphatic carbocycles. The van der Waals surface area contributed by atoms with Crippen molar-refractivity contribution in [2.24, 2.45) is 0 Å². The summed E-state index contributed by atoms with van der Waals surface area (Å²) in [5.74, 6) is 0. The van der Waals surface area contributed by atoms with Gasteiger partial charge in [-0.3, -0.25) is 0 Å². The molecule has 8 heteroatoms. The van der Waals surface area contributed by atoms with Gasteiger partial charge in [0.15, 0.2) is 0 Å². The van der Waals surface area contributed by atoms with Crippen LogP contribution in [0.1, 0.15) is 17.7 Å². The number of halogens is 3. The minimum absolute atomic E-state index is 0. The summed E-state index contributed by atoms with van der Waals surface area (Å²) in [5.41, 5.74) is 0.154. The largest absolute Gasteiger partial charge is 1.00 e. The molecule has 1 atom stereocenters. The summed E-state index contributed by atoms with van der Waals surface area (Å²) >= 11 is 17.2. The van der Waals surface area contributed by atoms with Crippen molar-refractivity contribution < 1.29 is 42.5 Å². The molecule has 0 saturated heterocycles. The number of hydrogen-bond acceptors (Lipinski definition) is 3. The van der Waals surface area contributed by atoms with Crippen molar-refractivity contribution in [3.05, 3.63) is 32.8 Å². The van der Waals surface area contributed by atoms with E-state index in [0.717, 1.165) is 0 Å². The zero-order valence-electron chi connectivity index (χ0n) is 8.50. The van der Waals surface area contributed by atoms with E-state index in [9.17, 15) is 13.0 Å². The molecule has 0 saturated carbocycles. The van der Waals surface area contributed by atoms with Crippen molar-refractivity contribution in [3.63, 3.8) is 0 Å². The zero-order valence-corrected chi connectivity index (χ0v) is 13.6. The monoisotopic (exact) mass is 310 g/mol. The molecule has 0 aromatic heterocycles. The molecule has 16 heavy (non-hydrogen) atoms. The Morgan fingerprint density at radius 2 is 1.69 bits per heavy atom. The normalized spacial score (nSPS) is 13.1. The van der Waals surface area contributed by atoms with Gasteiger partial charge in [-0.1, -0.05) is 40.9 Å². The summed E-state index contributed by atoms with van der Waals surface area (Å²) in [6.07, 6.45) is 0. The maximum atomic E-state index is 10.8. The van der Waals surface area contributed by atoms with E-state index >= 15 is 0 Å². The van der Waals surface area contributed by atoms with Gasteiger partial charge in [0.05, 0.1) is 20.3 Å². The average Bonchev–Trinajstić information content (AvgIpc) is 2.12. The second kappa shape index (κ2) is 6.25. The van der Waals surface area contributed by atoms with Gasteiger partial charge in [0.1, 0.15) is 10.1 Å². The van der Waals surface area contributed by atoms with E-state index in [0.29, 0.717) is 0 Å². The summed E-state index contributed by atoms with van der Waals surface area (Å²) in [5, 5.41) is -0.997. The van der Waals surface area contributed by atoms with E-state index in [1.165, 1.54) is 19.1 Å². The third kappa shape index (κ3) is 3.75. The average molecular weight is 312 g/mol. The van der Waals surface area contributed by atoms with E-state index < -0.39 is 15.4 Å². The first kappa shape index (κ1) is 17.0. The molecule has 0 amide bonds. The van der Waals surface area contributed by atoms with Gasteiger partial charge in [-0.05, 0) is 18.6 Å². The van der Waals surface area contributed by atoms with Gasteiger partial charge in [0, 0.05) is 0 Å². The van der Waals surface area contributed by atoms with Crippen LogP contribution in [0.15, 0.2) is 12.1 Å². The van der Waals surface area contributed by atoms with Crippen LogP contribution in [0.2, 0.25) is 15.1 Å². The minimum Gasteiger partial charge on any atom is -0.747 e. The fourth-order valence-corrected chi connectivity index (χ4v) is 2.29. The van der Waals surface area contributed by atoms with E-state index in [1.54, 1.807) is 0 Å². The Balaban J connectivity index is 0.00000225. The topological polar surface area (TPSA) is 57.2 Å². The zero-order chi connectivity index (χ0) is 11.8. The standard InChI is InChI=1S/C8H7Cl3O3S.Na/c1-4(15(12,13)14)5-2-3-6(9)8(11)7(5)10;/h2-4H,1H3,(H,12,13,14);/q;+1/p-1. The van der Waals surface area contributed by atoms with Crippen LogP contribution in [0.25, 0.3) is 0 Å². The van der Waals surface area contributed by atoms with Crippen molar-refractivity contribution in [1.29, 1.82) is 0 Å². The van der Waals surface area contributed by atoms with Gasteiger partial charge >= 0.3 is 29.6 Å². The van der Waals surface area contributed by atoms with Crippen LogP contribution in [0, 0.1) is 0 Å². The maximum absolute atomic E-state index is 10.8. The van der Waals surface area contributed by atoms with Crippen LogP contribution in [0.5, 0.6) is 0 Å². The first-order valence-corrected chi connectivity index (χ1v) is 6.43. The molecule has 84 valence electrons. The second-order valence-electron chi connectivity index (χ2n) is 2.90. The van der Waals surface area contributed by atoms with Crippen molar-refractivity contribution in [2.75, 3.05) is 0 Å². The van der Waals surface area contributed by atoms with Gasteiger partial charge in [0.25, 0.3) is 0 Å². The molecule has 0 heterocycles. The maximum Gasteiger partial charge on any atom is 1.00 e. The van der Waals surface area contributed by atoms with Crippen molar-refractivity contribution >= 4 is 44.9 Å². The summed E-state index contributed by atoms with van der Waals surface area (Å²) < 4.78 is 32.4. The molecule has 0 aliphatic heterocycles. The number of hydrogen-bond donors (Lipinski definition) is 0. The first-order chi connectivity index (χ1) is 6.75. The van der Waals surface area contributed by atoms with Crippen LogP contribution in [-0.2, 0) is 10.1 Å². The Morgan fingerprint density at radius 1 is 1.19 bits per heavy atom. The smallest absolute Gasteiger partial charge is 0.747 e. The summed E-state index contributed by atoms with van der Waals surface area (Å²) in [6.45, 7) is 1.24. The Labute approximate surface area is 131 Å². The molecule has 0 aliphatic rings. The van der Waals surface area contributed by atoms with E-state index in [4.69, 9.17) is 34.8 Å². The molecule has 0 bridgehead atoms. The van der Waals surface area contributed by atoms with Crippen LogP contribution < -0.4 is 29.6 Å². The molecule has 0 fully saturated rings. The Morgan fingerprint density at radius 3 is 2.12 bits per heavy atom. The Hall–Kier alpha value is 1.000. The van der Waals surface area contributed by atoms with Gasteiger partial charge in [-0.2, -0.15) is 0 Å². The molecule has 1 unspecified atom stereocenters. The van der Waals surface area contributed by atoms with Crippen LogP contribution in [-0.4, -0.2) is 13.0 Å². The molecular formula is C8H6Cl3NaO3S. The van der Waals surface area contributed by atoms with E-state index in [1.807, 2.05) is 0 Å². The first-order valence-electron chi connectivity index (χ1n) is 3.83. The summed E-state index contributed by atoms with van der Waals surface area (Å²) in [6, 6.07) is 2.77. The Bertz CT molecular complexity index is 490. The molecule has 3 nitrogen and oxygen atoms in total. The molecule has 0 spiro atoms. The predicted molar refractivity (Wildman–Crippen MR) is 59.6 cm³/mol. The third-order valence-electron chi connectivity index (χ3n) is 1.94. The SMILES string of the molecule is CC(c1ccc(Cl)c(Cl)c1Cl)S(=O)(=O)[O-].[Na+]. The van der Waals surface area contributed by atoms with Crippen LogP contribution in [0.4, 0.5) is 0 Å². The molecule has 1 rings (SSSR count). The molecule has 1 aromatic carbocycles. The van der Waals surface area contributed by atoms with Crippen molar-refractivity contribution in [2.45, 2.75) is 12.2 Å². The van der Waals surface area contributed by atoms with Crippen molar-refractivity contribution in [1.82, 2.24) is 0 Å². The van der Waals surface area contributed by atoms with E-state index in [2.05, 4.69) is 0 Å². The fourth-order valence-electron chi connectivity index (χ4n) is 1.01. The van der Waals surface area contributed by atoms with Gasteiger partial charge in [-0.15, -0.1) is 0 Å². The quantitative estimate of drug-likeness (QED) is 0.447. The Kier molecular flexibility index (Phi) is 6.64. The third-order valence-corrected chi connectivity index (χ3v) is 4.36.